The Labute approximate surface area is 206 Å². The lowest BCUT2D eigenvalue weighted by atomic mass is 10.1. The fourth-order valence-electron chi connectivity index (χ4n) is 4.19. The van der Waals surface area contributed by atoms with Crippen LogP contribution in [-0.2, 0) is 5.75 Å². The van der Waals surface area contributed by atoms with Gasteiger partial charge in [-0.25, -0.2) is 18.9 Å². The molecule has 3 aromatic rings. The number of carbonyl (C=O) groups excluding carboxylic acids is 1. The summed E-state index contributed by atoms with van der Waals surface area (Å²) in [5.41, 5.74) is 7.29. The maximum Gasteiger partial charge on any atom is 0.428 e. The number of aromatic nitrogens is 2. The van der Waals surface area contributed by atoms with Crippen LogP contribution in [0.2, 0.25) is 5.02 Å². The molecule has 2 aliphatic heterocycles. The van der Waals surface area contributed by atoms with Gasteiger partial charge in [0, 0.05) is 29.6 Å². The highest BCUT2D eigenvalue weighted by atomic mass is 35.5. The predicted octanol–water partition coefficient (Wildman–Crippen LogP) is 5.94. The topological polar surface area (TPSA) is 59.4 Å². The van der Waals surface area contributed by atoms with E-state index in [0.29, 0.717) is 10.8 Å². The monoisotopic (exact) mass is 498 g/mol. The molecule has 0 aliphatic carbocycles. The van der Waals surface area contributed by atoms with Crippen LogP contribution in [0.4, 0.5) is 9.18 Å². The standard InChI is InChI=1S/C25H24ClFN4O2S/c26-19-6-10-21(11-7-19)31-23-18(14-17-4-8-20(27)9-5-17)15-34-16-22(23)24(28-31)33-25(32)29-30-12-2-1-3-13-30/h4-11,14H,1-3,12-13,15-16H2,(H,29,32)/b18-14+. The number of halogens is 2. The van der Waals surface area contributed by atoms with Crippen LogP contribution in [0.5, 0.6) is 5.88 Å². The summed E-state index contributed by atoms with van der Waals surface area (Å²) in [6, 6.07) is 13.7. The Kier molecular flexibility index (Phi) is 6.89. The SMILES string of the molecule is O=C(NN1CCCCC1)Oc1nn(-c2ccc(Cl)cc2)c2c1CSC/C2=C\c1ccc(F)cc1. The normalized spacial score (nSPS) is 17.4. The first-order valence-corrected chi connectivity index (χ1v) is 12.8. The Morgan fingerprint density at radius 2 is 1.79 bits per heavy atom. The van der Waals surface area contributed by atoms with Gasteiger partial charge in [0.05, 0.1) is 16.9 Å². The largest absolute Gasteiger partial charge is 0.428 e. The number of hydrogen-bond acceptors (Lipinski definition) is 5. The molecule has 0 spiro atoms. The van der Waals surface area contributed by atoms with Crippen molar-refractivity contribution < 1.29 is 13.9 Å². The van der Waals surface area contributed by atoms with Crippen LogP contribution in [0, 0.1) is 5.82 Å². The summed E-state index contributed by atoms with van der Waals surface area (Å²) in [6.07, 6.45) is 4.76. The zero-order valence-corrected chi connectivity index (χ0v) is 20.0. The van der Waals surface area contributed by atoms with Crippen LogP contribution in [0.25, 0.3) is 17.3 Å². The number of nitrogens with zero attached hydrogens (tertiary/aromatic N) is 3. The van der Waals surface area contributed by atoms with Gasteiger partial charge in [-0.3, -0.25) is 5.43 Å². The molecule has 1 saturated heterocycles. The van der Waals surface area contributed by atoms with Crippen molar-refractivity contribution >= 4 is 41.1 Å². The fourth-order valence-corrected chi connectivity index (χ4v) is 5.32. The number of hydrogen-bond donors (Lipinski definition) is 1. The van der Waals surface area contributed by atoms with E-state index in [1.165, 1.54) is 18.6 Å². The minimum absolute atomic E-state index is 0.275. The number of carbonyl (C=O) groups is 1. The number of thioether (sulfide) groups is 1. The molecule has 9 heteroatoms. The number of amides is 1. The van der Waals surface area contributed by atoms with E-state index in [1.54, 1.807) is 40.7 Å². The van der Waals surface area contributed by atoms with Gasteiger partial charge in [0.25, 0.3) is 0 Å². The third-order valence-corrected chi connectivity index (χ3v) is 7.09. The minimum Gasteiger partial charge on any atom is -0.388 e. The van der Waals surface area contributed by atoms with Crippen molar-refractivity contribution in [3.63, 3.8) is 0 Å². The average Bonchev–Trinajstić information content (AvgIpc) is 3.21. The number of piperidine rings is 1. The number of fused-ring (bicyclic) bond motifs is 1. The maximum absolute atomic E-state index is 13.4. The molecule has 1 N–H and O–H groups in total. The summed E-state index contributed by atoms with van der Waals surface area (Å²) < 4.78 is 20.9. The van der Waals surface area contributed by atoms with E-state index in [9.17, 15) is 9.18 Å². The molecule has 34 heavy (non-hydrogen) atoms. The van der Waals surface area contributed by atoms with E-state index < -0.39 is 6.09 Å². The molecule has 2 aliphatic rings. The van der Waals surface area contributed by atoms with Crippen molar-refractivity contribution in [3.05, 3.63) is 76.2 Å². The van der Waals surface area contributed by atoms with E-state index in [4.69, 9.17) is 16.3 Å². The molecule has 3 heterocycles. The molecule has 5 rings (SSSR count). The quantitative estimate of drug-likeness (QED) is 0.482. The van der Waals surface area contributed by atoms with Gasteiger partial charge in [-0.05, 0) is 66.5 Å². The maximum atomic E-state index is 13.4. The smallest absolute Gasteiger partial charge is 0.388 e. The zero-order valence-electron chi connectivity index (χ0n) is 18.5. The van der Waals surface area contributed by atoms with Crippen LogP contribution in [0.15, 0.2) is 48.5 Å². The first-order chi connectivity index (χ1) is 16.6. The lowest BCUT2D eigenvalue weighted by Gasteiger charge is -2.26. The Bertz CT molecular complexity index is 1200. The molecule has 0 radical (unpaired) electrons. The highest BCUT2D eigenvalue weighted by Crippen LogP contribution is 2.40. The van der Waals surface area contributed by atoms with Crippen LogP contribution in [-0.4, -0.2) is 39.7 Å². The van der Waals surface area contributed by atoms with Gasteiger partial charge in [-0.1, -0.05) is 30.2 Å². The second-order valence-corrected chi connectivity index (χ2v) is 9.71. The number of benzene rings is 2. The summed E-state index contributed by atoms with van der Waals surface area (Å²) >= 11 is 7.82. The molecule has 0 saturated carbocycles. The second-order valence-electron chi connectivity index (χ2n) is 8.28. The van der Waals surface area contributed by atoms with Gasteiger partial charge in [0.15, 0.2) is 0 Å². The van der Waals surface area contributed by atoms with E-state index in [1.807, 2.05) is 23.2 Å². The number of rotatable bonds is 4. The Balaban J connectivity index is 1.51. The molecule has 6 nitrogen and oxygen atoms in total. The molecule has 0 unspecified atom stereocenters. The highest BCUT2D eigenvalue weighted by molar-refractivity contribution is 7.99. The number of hydrazine groups is 1. The zero-order chi connectivity index (χ0) is 23.5. The Morgan fingerprint density at radius 3 is 2.53 bits per heavy atom. The highest BCUT2D eigenvalue weighted by Gasteiger charge is 2.28. The number of ether oxygens (including phenoxy) is 1. The first kappa shape index (κ1) is 23.0. The van der Waals surface area contributed by atoms with E-state index in [0.717, 1.165) is 59.8 Å². The summed E-state index contributed by atoms with van der Waals surface area (Å²) in [6.45, 7) is 1.62. The van der Waals surface area contributed by atoms with Crippen molar-refractivity contribution in [1.29, 1.82) is 0 Å². The Morgan fingerprint density at radius 1 is 1.06 bits per heavy atom. The second kappa shape index (κ2) is 10.2. The van der Waals surface area contributed by atoms with E-state index in [2.05, 4.69) is 10.5 Å². The van der Waals surface area contributed by atoms with Gasteiger partial charge in [-0.15, -0.1) is 5.10 Å². The van der Waals surface area contributed by atoms with Gasteiger partial charge in [0.1, 0.15) is 5.82 Å². The molecule has 1 aromatic heterocycles. The molecule has 2 aromatic carbocycles. The molecule has 1 amide bonds. The van der Waals surface area contributed by atoms with Gasteiger partial charge >= 0.3 is 6.09 Å². The van der Waals surface area contributed by atoms with Crippen LogP contribution >= 0.6 is 23.4 Å². The third kappa shape index (κ3) is 5.14. The molecular formula is C25H24ClFN4O2S. The van der Waals surface area contributed by atoms with Crippen molar-refractivity contribution in [2.75, 3.05) is 18.8 Å². The molecule has 1 fully saturated rings. The van der Waals surface area contributed by atoms with Crippen LogP contribution in [0.1, 0.15) is 36.1 Å². The summed E-state index contributed by atoms with van der Waals surface area (Å²) in [5, 5.41) is 7.21. The average molecular weight is 499 g/mol. The number of nitrogens with one attached hydrogen (secondary N) is 1. The van der Waals surface area contributed by atoms with Crippen LogP contribution in [0.3, 0.4) is 0 Å². The molecule has 0 bridgehead atoms. The molecule has 176 valence electrons. The third-order valence-electron chi connectivity index (χ3n) is 5.83. The summed E-state index contributed by atoms with van der Waals surface area (Å²) in [7, 11) is 0. The van der Waals surface area contributed by atoms with Gasteiger partial charge < -0.3 is 4.74 Å². The Hall–Kier alpha value is -2.81. The lowest BCUT2D eigenvalue weighted by molar-refractivity contribution is 0.127. The predicted molar refractivity (Wildman–Crippen MR) is 134 cm³/mol. The van der Waals surface area contributed by atoms with Gasteiger partial charge in [-0.2, -0.15) is 11.8 Å². The van der Waals surface area contributed by atoms with E-state index in [-0.39, 0.29) is 11.7 Å². The van der Waals surface area contributed by atoms with E-state index >= 15 is 0 Å². The van der Waals surface area contributed by atoms with Crippen molar-refractivity contribution in [1.82, 2.24) is 20.2 Å². The molecular weight excluding hydrogens is 475 g/mol. The minimum atomic E-state index is -0.537. The fraction of sp³-hybridized carbons (Fsp3) is 0.280. The van der Waals surface area contributed by atoms with Crippen molar-refractivity contribution in [2.24, 2.45) is 0 Å². The molecule has 0 atom stereocenters. The van der Waals surface area contributed by atoms with Crippen LogP contribution < -0.4 is 10.2 Å². The first-order valence-electron chi connectivity index (χ1n) is 11.2. The van der Waals surface area contributed by atoms with Crippen molar-refractivity contribution in [3.8, 4) is 11.6 Å². The lowest BCUT2D eigenvalue weighted by Crippen LogP contribution is -2.46. The summed E-state index contributed by atoms with van der Waals surface area (Å²) in [4.78, 5) is 12.7. The van der Waals surface area contributed by atoms with Gasteiger partial charge in [0.2, 0.25) is 5.88 Å². The summed E-state index contributed by atoms with van der Waals surface area (Å²) in [5.74, 6) is 1.43. The van der Waals surface area contributed by atoms with Crippen molar-refractivity contribution in [2.45, 2.75) is 25.0 Å².